The number of ketones is 1. The second-order valence-corrected chi connectivity index (χ2v) is 11.5. The first-order chi connectivity index (χ1) is 18.0. The number of benzene rings is 1. The van der Waals surface area contributed by atoms with E-state index < -0.39 is 0 Å². The number of nitrogens with zero attached hydrogens (tertiary/aromatic N) is 4. The molecule has 37 heavy (non-hydrogen) atoms. The van der Waals surface area contributed by atoms with E-state index >= 15 is 0 Å². The molecule has 2 fully saturated rings. The lowest BCUT2D eigenvalue weighted by Crippen LogP contribution is -2.44. The van der Waals surface area contributed by atoms with Crippen molar-refractivity contribution in [3.8, 4) is 22.4 Å². The number of likely N-dealkylation sites (N-methyl/N-ethyl adjacent to an activating group) is 1. The molecule has 0 bridgehead atoms. The Morgan fingerprint density at radius 2 is 1.78 bits per heavy atom. The van der Waals surface area contributed by atoms with Gasteiger partial charge in [0, 0.05) is 55.4 Å². The number of carbonyl (C=O) groups excluding carboxylic acids is 1. The van der Waals surface area contributed by atoms with Gasteiger partial charge in [0.05, 0.1) is 22.9 Å². The van der Waals surface area contributed by atoms with Gasteiger partial charge in [0.15, 0.2) is 5.78 Å². The van der Waals surface area contributed by atoms with E-state index in [-0.39, 0.29) is 17.8 Å². The van der Waals surface area contributed by atoms with Crippen molar-refractivity contribution in [3.05, 3.63) is 65.1 Å². The van der Waals surface area contributed by atoms with Gasteiger partial charge >= 0.3 is 0 Å². The molecule has 1 saturated heterocycles. The lowest BCUT2D eigenvalue weighted by molar-refractivity contribution is 0.0585. The Balaban J connectivity index is 1.18. The number of aliphatic hydroxyl groups is 1. The maximum Gasteiger partial charge on any atom is 0.173 e. The van der Waals surface area contributed by atoms with Gasteiger partial charge < -0.3 is 14.9 Å². The number of piperazine rings is 1. The number of fused-ring (bicyclic) bond motifs is 1. The highest BCUT2D eigenvalue weighted by atomic mass is 32.1. The van der Waals surface area contributed by atoms with E-state index in [1.807, 2.05) is 17.6 Å². The first kappa shape index (κ1) is 24.3. The predicted octanol–water partition coefficient (Wildman–Crippen LogP) is 5.61. The van der Waals surface area contributed by atoms with Crippen LogP contribution in [0.3, 0.4) is 0 Å². The monoisotopic (exact) mass is 514 g/mol. The molecule has 0 amide bonds. The number of carbonyl (C=O) groups is 1. The summed E-state index contributed by atoms with van der Waals surface area (Å²) in [6.07, 6.45) is 7.98. The molecule has 1 aliphatic carbocycles. The van der Waals surface area contributed by atoms with Crippen molar-refractivity contribution in [1.82, 2.24) is 14.3 Å². The van der Waals surface area contributed by atoms with Crippen molar-refractivity contribution in [2.45, 2.75) is 38.2 Å². The maximum atomic E-state index is 12.9. The molecule has 1 saturated carbocycles. The lowest BCUT2D eigenvalue weighted by atomic mass is 9.83. The quantitative estimate of drug-likeness (QED) is 0.339. The third-order valence-corrected chi connectivity index (χ3v) is 9.04. The van der Waals surface area contributed by atoms with Crippen LogP contribution in [0.1, 0.15) is 41.8 Å². The number of imidazole rings is 1. The molecule has 7 heteroatoms. The van der Waals surface area contributed by atoms with Gasteiger partial charge in [-0.05, 0) is 67.3 Å². The largest absolute Gasteiger partial charge is 0.393 e. The molecule has 0 unspecified atom stereocenters. The highest BCUT2D eigenvalue weighted by molar-refractivity contribution is 7.12. The Morgan fingerprint density at radius 1 is 1.00 bits per heavy atom. The Morgan fingerprint density at radius 3 is 2.57 bits per heavy atom. The molecular weight excluding hydrogens is 480 g/mol. The molecule has 6 nitrogen and oxygen atoms in total. The van der Waals surface area contributed by atoms with Gasteiger partial charge in [0.2, 0.25) is 0 Å². The zero-order valence-electron chi connectivity index (χ0n) is 21.3. The van der Waals surface area contributed by atoms with Crippen molar-refractivity contribution >= 4 is 28.5 Å². The molecule has 1 N–H and O–H groups in total. The number of aromatic nitrogens is 2. The molecule has 192 valence electrons. The Kier molecular flexibility index (Phi) is 6.84. The highest BCUT2D eigenvalue weighted by Crippen LogP contribution is 2.32. The van der Waals surface area contributed by atoms with Gasteiger partial charge in [-0.2, -0.15) is 0 Å². The van der Waals surface area contributed by atoms with E-state index in [4.69, 9.17) is 0 Å². The van der Waals surface area contributed by atoms with E-state index in [0.717, 1.165) is 79.2 Å². The van der Waals surface area contributed by atoms with E-state index in [1.54, 1.807) is 0 Å². The molecule has 2 atom stereocenters. The van der Waals surface area contributed by atoms with Crippen LogP contribution >= 0.6 is 11.3 Å². The van der Waals surface area contributed by atoms with E-state index in [0.29, 0.717) is 6.42 Å². The molecule has 6 rings (SSSR count). The average Bonchev–Trinajstić information content (AvgIpc) is 3.58. The van der Waals surface area contributed by atoms with Crippen LogP contribution in [0.2, 0.25) is 0 Å². The molecule has 3 aromatic heterocycles. The van der Waals surface area contributed by atoms with Crippen LogP contribution in [-0.2, 0) is 0 Å². The van der Waals surface area contributed by atoms with Crippen molar-refractivity contribution in [1.29, 1.82) is 0 Å². The molecule has 1 aromatic carbocycles. The minimum atomic E-state index is -0.340. The van der Waals surface area contributed by atoms with Gasteiger partial charge in [-0.15, -0.1) is 11.3 Å². The zero-order chi connectivity index (χ0) is 25.4. The first-order valence-corrected chi connectivity index (χ1v) is 14.2. The zero-order valence-corrected chi connectivity index (χ0v) is 22.2. The van der Waals surface area contributed by atoms with Crippen molar-refractivity contribution < 1.29 is 9.90 Å². The van der Waals surface area contributed by atoms with Crippen LogP contribution in [0.25, 0.3) is 28.0 Å². The predicted molar refractivity (Wildman–Crippen MR) is 151 cm³/mol. The van der Waals surface area contributed by atoms with E-state index in [2.05, 4.69) is 68.8 Å². The molecule has 1 aliphatic heterocycles. The summed E-state index contributed by atoms with van der Waals surface area (Å²) in [6, 6.07) is 15.1. The minimum absolute atomic E-state index is 0.0941. The SMILES string of the molecule is CN1CCN(c2ccc(-c3ccn4c(-c5csc(C(=O)C[C@@H]6CCCC[C@H]6O)c5)cnc4c3)cc2)CC1. The van der Waals surface area contributed by atoms with Gasteiger partial charge in [-0.1, -0.05) is 25.0 Å². The first-order valence-electron chi connectivity index (χ1n) is 13.4. The van der Waals surface area contributed by atoms with Crippen LogP contribution in [0, 0.1) is 5.92 Å². The third-order valence-electron chi connectivity index (χ3n) is 8.07. The van der Waals surface area contributed by atoms with Crippen molar-refractivity contribution in [2.24, 2.45) is 5.92 Å². The molecule has 4 heterocycles. The summed E-state index contributed by atoms with van der Waals surface area (Å²) in [5.74, 6) is 0.231. The minimum Gasteiger partial charge on any atom is -0.393 e. The van der Waals surface area contributed by atoms with Crippen LogP contribution in [-0.4, -0.2) is 64.5 Å². The van der Waals surface area contributed by atoms with Gasteiger partial charge in [-0.3, -0.25) is 9.20 Å². The molecule has 4 aromatic rings. The summed E-state index contributed by atoms with van der Waals surface area (Å²) in [4.78, 5) is 23.2. The fourth-order valence-corrected chi connectivity index (χ4v) is 6.54. The highest BCUT2D eigenvalue weighted by Gasteiger charge is 2.26. The Hall–Kier alpha value is -3.00. The lowest BCUT2D eigenvalue weighted by Gasteiger charge is -2.34. The number of rotatable bonds is 6. The van der Waals surface area contributed by atoms with E-state index in [9.17, 15) is 9.90 Å². The van der Waals surface area contributed by atoms with Crippen LogP contribution < -0.4 is 4.90 Å². The van der Waals surface area contributed by atoms with E-state index in [1.165, 1.54) is 22.6 Å². The molecule has 0 spiro atoms. The number of pyridine rings is 1. The Bertz CT molecular complexity index is 1380. The number of hydrogen-bond donors (Lipinski definition) is 1. The summed E-state index contributed by atoms with van der Waals surface area (Å²) in [5, 5.41) is 12.3. The maximum absolute atomic E-state index is 12.9. The standard InChI is InChI=1S/C30H34N4O2S/c1-32-12-14-33(15-13-32)25-8-6-21(7-9-25)22-10-11-34-26(19-31-30(34)18-22)24-17-29(37-20-24)28(36)16-23-4-2-3-5-27(23)35/h6-11,17-20,23,27,35H,2-5,12-16H2,1H3/t23-,27+/m0/s1. The molecular formula is C30H34N4O2S. The summed E-state index contributed by atoms with van der Waals surface area (Å²) in [6.45, 7) is 4.34. The second-order valence-electron chi connectivity index (χ2n) is 10.6. The van der Waals surface area contributed by atoms with Crippen LogP contribution in [0.15, 0.2) is 60.2 Å². The fourth-order valence-electron chi connectivity index (χ4n) is 5.68. The molecule has 2 aliphatic rings. The number of hydrogen-bond acceptors (Lipinski definition) is 6. The van der Waals surface area contributed by atoms with Crippen LogP contribution in [0.4, 0.5) is 5.69 Å². The normalized spacial score (nSPS) is 21.0. The molecule has 0 radical (unpaired) electrons. The average molecular weight is 515 g/mol. The second kappa shape index (κ2) is 10.4. The van der Waals surface area contributed by atoms with Crippen LogP contribution in [0.5, 0.6) is 0 Å². The number of thiophene rings is 1. The summed E-state index contributed by atoms with van der Waals surface area (Å²) in [5.41, 5.74) is 6.48. The number of Topliss-reactive ketones (excluding diaryl/α,β-unsaturated/α-hetero) is 1. The smallest absolute Gasteiger partial charge is 0.173 e. The van der Waals surface area contributed by atoms with Gasteiger partial charge in [-0.25, -0.2) is 4.98 Å². The third kappa shape index (κ3) is 5.08. The van der Waals surface area contributed by atoms with Gasteiger partial charge in [0.25, 0.3) is 0 Å². The summed E-state index contributed by atoms with van der Waals surface area (Å²) in [7, 11) is 2.18. The summed E-state index contributed by atoms with van der Waals surface area (Å²) >= 11 is 1.49. The Labute approximate surface area is 222 Å². The number of anilines is 1. The number of aliphatic hydroxyl groups excluding tert-OH is 1. The topological polar surface area (TPSA) is 61.1 Å². The summed E-state index contributed by atoms with van der Waals surface area (Å²) < 4.78 is 2.09. The van der Waals surface area contributed by atoms with Gasteiger partial charge in [0.1, 0.15) is 5.65 Å². The fraction of sp³-hybridized carbons (Fsp3) is 0.400. The van der Waals surface area contributed by atoms with Crippen molar-refractivity contribution in [3.63, 3.8) is 0 Å². The van der Waals surface area contributed by atoms with Crippen molar-refractivity contribution in [2.75, 3.05) is 38.1 Å².